The Bertz CT molecular complexity index is 233. The van der Waals surface area contributed by atoms with Gasteiger partial charge in [-0.25, -0.2) is 0 Å². The van der Waals surface area contributed by atoms with Gasteiger partial charge in [0, 0.05) is 14.1 Å². The predicted molar refractivity (Wildman–Crippen MR) is 50.3 cm³/mol. The van der Waals surface area contributed by atoms with E-state index in [4.69, 9.17) is 16.8 Å². The Labute approximate surface area is 75.7 Å². The van der Waals surface area contributed by atoms with Crippen LogP contribution < -0.4 is 0 Å². The van der Waals surface area contributed by atoms with Crippen LogP contribution in [0.15, 0.2) is 0 Å². The van der Waals surface area contributed by atoms with Crippen molar-refractivity contribution in [1.82, 2.24) is 4.90 Å². The Hall–Kier alpha value is 0.150. The molecule has 0 amide bonds. The molecule has 0 fully saturated rings. The number of hydrogen-bond acceptors (Lipinski definition) is 4. The van der Waals surface area contributed by atoms with E-state index in [1.54, 1.807) is 19.0 Å². The van der Waals surface area contributed by atoms with Crippen molar-refractivity contribution in [3.63, 3.8) is 0 Å². The predicted octanol–water partition coefficient (Wildman–Crippen LogP) is 0.411. The molecule has 0 radical (unpaired) electrons. The topological polar surface area (TPSA) is 57.6 Å². The summed E-state index contributed by atoms with van der Waals surface area (Å²) in [6, 6.07) is 0. The molecule has 66 valence electrons. The molecule has 4 nitrogen and oxygen atoms in total. The van der Waals surface area contributed by atoms with Gasteiger partial charge in [-0.2, -0.15) is 8.42 Å². The maximum absolute atomic E-state index is 10.2. The monoisotopic (exact) mass is 215 g/mol. The Kier molecular flexibility index (Phi) is 4.30. The molecule has 0 spiro atoms. The van der Waals surface area contributed by atoms with Gasteiger partial charge in [0.25, 0.3) is 10.1 Å². The van der Waals surface area contributed by atoms with Crippen molar-refractivity contribution >= 4 is 38.4 Å². The second-order valence-corrected chi connectivity index (χ2v) is 5.43. The van der Waals surface area contributed by atoms with E-state index < -0.39 is 10.1 Å². The molecule has 0 saturated carbocycles. The van der Waals surface area contributed by atoms with E-state index in [1.807, 2.05) is 0 Å². The largest absolute Gasteiger partial charge is 0.364 e. The standard InChI is InChI=1S/C4H9NO3S3/c1-5(2)4(9)10-3-11(6,7)8/h3H2,1-2H3,(H,6,7,8). The lowest BCUT2D eigenvalue weighted by molar-refractivity contribution is 0.489. The van der Waals surface area contributed by atoms with E-state index in [2.05, 4.69) is 0 Å². The molecule has 0 aliphatic carbocycles. The number of thioether (sulfide) groups is 1. The van der Waals surface area contributed by atoms with Crippen molar-refractivity contribution in [2.24, 2.45) is 0 Å². The first-order chi connectivity index (χ1) is 4.83. The minimum Gasteiger partial charge on any atom is -0.364 e. The second-order valence-electron chi connectivity index (χ2n) is 2.00. The summed E-state index contributed by atoms with van der Waals surface area (Å²) in [5.74, 6) is 0. The van der Waals surface area contributed by atoms with Crippen molar-refractivity contribution in [2.45, 2.75) is 0 Å². The zero-order valence-electron chi connectivity index (χ0n) is 6.14. The molecule has 0 saturated heterocycles. The molecular formula is C4H9NO3S3. The van der Waals surface area contributed by atoms with Gasteiger partial charge >= 0.3 is 0 Å². The normalized spacial score (nSPS) is 11.2. The van der Waals surface area contributed by atoms with E-state index in [0.717, 1.165) is 11.8 Å². The van der Waals surface area contributed by atoms with Gasteiger partial charge in [0.15, 0.2) is 0 Å². The molecule has 7 heteroatoms. The molecule has 0 heterocycles. The highest BCUT2D eigenvalue weighted by atomic mass is 32.3. The van der Waals surface area contributed by atoms with Gasteiger partial charge in [0.1, 0.15) is 9.41 Å². The number of hydrogen-bond donors (Lipinski definition) is 1. The van der Waals surface area contributed by atoms with E-state index in [0.29, 0.717) is 4.32 Å². The van der Waals surface area contributed by atoms with Crippen molar-refractivity contribution in [3.05, 3.63) is 0 Å². The van der Waals surface area contributed by atoms with Gasteiger partial charge in [-0.05, 0) is 0 Å². The van der Waals surface area contributed by atoms with Gasteiger partial charge in [-0.1, -0.05) is 24.0 Å². The molecule has 0 aromatic heterocycles. The SMILES string of the molecule is CN(C)C(=S)SCS(=O)(=O)O. The lowest BCUT2D eigenvalue weighted by atomic mass is 11.0. The summed E-state index contributed by atoms with van der Waals surface area (Å²) < 4.78 is 29.2. The van der Waals surface area contributed by atoms with Crippen LogP contribution in [0.25, 0.3) is 0 Å². The Balaban J connectivity index is 3.83. The van der Waals surface area contributed by atoms with Gasteiger partial charge in [0.05, 0.1) is 0 Å². The summed E-state index contributed by atoms with van der Waals surface area (Å²) in [4.78, 5) is 1.60. The summed E-state index contributed by atoms with van der Waals surface area (Å²) in [6.45, 7) is 0. The molecule has 0 unspecified atom stereocenters. The fourth-order valence-electron chi connectivity index (χ4n) is 0.254. The first kappa shape index (κ1) is 11.2. The quantitative estimate of drug-likeness (QED) is 0.532. The van der Waals surface area contributed by atoms with Crippen LogP contribution in [0.3, 0.4) is 0 Å². The van der Waals surface area contributed by atoms with Gasteiger partial charge in [-0.3, -0.25) is 4.55 Å². The molecular weight excluding hydrogens is 206 g/mol. The van der Waals surface area contributed by atoms with Crippen molar-refractivity contribution in [1.29, 1.82) is 0 Å². The molecule has 1 N–H and O–H groups in total. The summed E-state index contributed by atoms with van der Waals surface area (Å²) in [5.41, 5.74) is 0. The molecule has 0 aliphatic rings. The maximum Gasteiger partial charge on any atom is 0.274 e. The summed E-state index contributed by atoms with van der Waals surface area (Å²) in [5, 5.41) is -0.385. The van der Waals surface area contributed by atoms with Crippen LogP contribution in [0.5, 0.6) is 0 Å². The van der Waals surface area contributed by atoms with E-state index in [-0.39, 0.29) is 5.08 Å². The number of nitrogens with zero attached hydrogens (tertiary/aromatic N) is 1. The van der Waals surface area contributed by atoms with Crippen LogP contribution in [0.4, 0.5) is 0 Å². The first-order valence-electron chi connectivity index (χ1n) is 2.62. The Morgan fingerprint density at radius 2 is 2.09 bits per heavy atom. The third kappa shape index (κ3) is 6.54. The van der Waals surface area contributed by atoms with Crippen LogP contribution in [0, 0.1) is 0 Å². The smallest absolute Gasteiger partial charge is 0.274 e. The fourth-order valence-corrected chi connectivity index (χ4v) is 1.94. The highest BCUT2D eigenvalue weighted by Gasteiger charge is 2.07. The van der Waals surface area contributed by atoms with Crippen LogP contribution in [-0.2, 0) is 10.1 Å². The summed E-state index contributed by atoms with van der Waals surface area (Å²) in [6.07, 6.45) is 0. The number of rotatable bonds is 2. The number of thiocarbonyl (C=S) groups is 1. The Morgan fingerprint density at radius 1 is 1.64 bits per heavy atom. The van der Waals surface area contributed by atoms with Gasteiger partial charge in [0.2, 0.25) is 0 Å². The lowest BCUT2D eigenvalue weighted by Gasteiger charge is -2.10. The zero-order chi connectivity index (χ0) is 9.07. The Morgan fingerprint density at radius 3 is 2.36 bits per heavy atom. The highest BCUT2D eigenvalue weighted by molar-refractivity contribution is 8.27. The molecule has 11 heavy (non-hydrogen) atoms. The van der Waals surface area contributed by atoms with E-state index >= 15 is 0 Å². The summed E-state index contributed by atoms with van der Waals surface area (Å²) >= 11 is 5.67. The summed E-state index contributed by atoms with van der Waals surface area (Å²) in [7, 11) is -0.489. The molecule has 0 atom stereocenters. The second kappa shape index (κ2) is 4.24. The minimum absolute atomic E-state index is 0.385. The maximum atomic E-state index is 10.2. The molecule has 0 bridgehead atoms. The van der Waals surface area contributed by atoms with Gasteiger partial charge in [-0.15, -0.1) is 0 Å². The van der Waals surface area contributed by atoms with E-state index in [9.17, 15) is 8.42 Å². The minimum atomic E-state index is -3.90. The molecule has 0 aromatic carbocycles. The third-order valence-electron chi connectivity index (χ3n) is 0.696. The van der Waals surface area contributed by atoms with Crippen molar-refractivity contribution in [3.8, 4) is 0 Å². The van der Waals surface area contributed by atoms with Gasteiger partial charge < -0.3 is 4.90 Å². The van der Waals surface area contributed by atoms with E-state index in [1.165, 1.54) is 0 Å². The molecule has 0 aliphatic heterocycles. The fraction of sp³-hybridized carbons (Fsp3) is 0.750. The molecule has 0 rings (SSSR count). The zero-order valence-corrected chi connectivity index (χ0v) is 8.59. The highest BCUT2D eigenvalue weighted by Crippen LogP contribution is 2.08. The average molecular weight is 215 g/mol. The van der Waals surface area contributed by atoms with Crippen LogP contribution in [0.2, 0.25) is 0 Å². The first-order valence-corrected chi connectivity index (χ1v) is 5.62. The molecule has 0 aromatic rings. The van der Waals surface area contributed by atoms with Crippen LogP contribution >= 0.6 is 24.0 Å². The average Bonchev–Trinajstić information content (AvgIpc) is 1.80. The van der Waals surface area contributed by atoms with Crippen molar-refractivity contribution in [2.75, 3.05) is 19.2 Å². The third-order valence-corrected chi connectivity index (χ3v) is 3.69. The van der Waals surface area contributed by atoms with Crippen molar-refractivity contribution < 1.29 is 13.0 Å². The van der Waals surface area contributed by atoms with Crippen LogP contribution in [0.1, 0.15) is 0 Å². The van der Waals surface area contributed by atoms with Crippen LogP contribution in [-0.4, -0.2) is 41.4 Å². The lowest BCUT2D eigenvalue weighted by Crippen LogP contribution is -2.17.